The Morgan fingerprint density at radius 3 is 2.68 bits per heavy atom. The molecule has 5 nitrogen and oxygen atoms in total. The molecule has 25 heavy (non-hydrogen) atoms. The van der Waals surface area contributed by atoms with Gasteiger partial charge in [0.15, 0.2) is 0 Å². The standard InChI is InChI=1S/C20H26N2O3/c1-4-25-19-11-6-5-8-17(19)15(3)22-18-10-7-9-16(14(18)2)20(24)21-12-13-23/h5-11,15,22-23H,4,12-13H2,1-3H3,(H,21,24). The van der Waals surface area contributed by atoms with Crippen molar-refractivity contribution in [2.75, 3.05) is 25.1 Å². The maximum absolute atomic E-state index is 12.2. The van der Waals surface area contributed by atoms with Crippen molar-refractivity contribution < 1.29 is 14.6 Å². The molecule has 0 aliphatic rings. The van der Waals surface area contributed by atoms with Crippen LogP contribution in [0, 0.1) is 6.92 Å². The molecule has 5 heteroatoms. The molecule has 0 saturated heterocycles. The first kappa shape index (κ1) is 18.8. The third-order valence-electron chi connectivity index (χ3n) is 4.03. The monoisotopic (exact) mass is 342 g/mol. The number of carbonyl (C=O) groups is 1. The molecule has 2 aromatic carbocycles. The predicted molar refractivity (Wildman–Crippen MR) is 100 cm³/mol. The van der Waals surface area contributed by atoms with Gasteiger partial charge < -0.3 is 20.5 Å². The first-order valence-electron chi connectivity index (χ1n) is 8.55. The summed E-state index contributed by atoms with van der Waals surface area (Å²) >= 11 is 0. The molecule has 0 fully saturated rings. The van der Waals surface area contributed by atoms with Crippen LogP contribution in [0.15, 0.2) is 42.5 Å². The molecule has 0 aliphatic carbocycles. The van der Waals surface area contributed by atoms with Crippen LogP contribution in [-0.4, -0.2) is 30.8 Å². The molecule has 0 heterocycles. The van der Waals surface area contributed by atoms with Gasteiger partial charge in [0.2, 0.25) is 0 Å². The van der Waals surface area contributed by atoms with E-state index in [1.54, 1.807) is 6.07 Å². The molecule has 134 valence electrons. The number of nitrogens with one attached hydrogen (secondary N) is 2. The number of anilines is 1. The summed E-state index contributed by atoms with van der Waals surface area (Å²) in [6, 6.07) is 13.6. The molecule has 1 atom stereocenters. The number of amides is 1. The van der Waals surface area contributed by atoms with E-state index in [0.717, 1.165) is 22.6 Å². The van der Waals surface area contributed by atoms with Gasteiger partial charge in [-0.1, -0.05) is 24.3 Å². The van der Waals surface area contributed by atoms with E-state index >= 15 is 0 Å². The average molecular weight is 342 g/mol. The zero-order valence-corrected chi connectivity index (χ0v) is 15.0. The molecule has 2 rings (SSSR count). The lowest BCUT2D eigenvalue weighted by Gasteiger charge is -2.21. The minimum Gasteiger partial charge on any atom is -0.494 e. The van der Waals surface area contributed by atoms with Crippen molar-refractivity contribution in [3.63, 3.8) is 0 Å². The molecule has 3 N–H and O–H groups in total. The Morgan fingerprint density at radius 2 is 1.96 bits per heavy atom. The Bertz CT molecular complexity index is 716. The van der Waals surface area contributed by atoms with E-state index in [4.69, 9.17) is 9.84 Å². The van der Waals surface area contributed by atoms with Crippen molar-refractivity contribution >= 4 is 11.6 Å². The van der Waals surface area contributed by atoms with E-state index in [9.17, 15) is 4.79 Å². The zero-order chi connectivity index (χ0) is 18.2. The second kappa shape index (κ2) is 9.08. The average Bonchev–Trinajstić information content (AvgIpc) is 2.62. The molecule has 0 aromatic heterocycles. The maximum atomic E-state index is 12.2. The van der Waals surface area contributed by atoms with Crippen LogP contribution >= 0.6 is 0 Å². The first-order valence-corrected chi connectivity index (χ1v) is 8.55. The van der Waals surface area contributed by atoms with Crippen molar-refractivity contribution in [3.8, 4) is 5.75 Å². The molecule has 2 aromatic rings. The topological polar surface area (TPSA) is 70.6 Å². The molecule has 0 aliphatic heterocycles. The van der Waals surface area contributed by atoms with E-state index in [1.807, 2.05) is 50.2 Å². The fourth-order valence-electron chi connectivity index (χ4n) is 2.74. The lowest BCUT2D eigenvalue weighted by Crippen LogP contribution is -2.27. The summed E-state index contributed by atoms with van der Waals surface area (Å²) in [7, 11) is 0. The molecule has 0 spiro atoms. The van der Waals surface area contributed by atoms with Crippen LogP contribution in [-0.2, 0) is 0 Å². The summed E-state index contributed by atoms with van der Waals surface area (Å²) in [4.78, 5) is 12.2. The number of ether oxygens (including phenoxy) is 1. The van der Waals surface area contributed by atoms with Crippen LogP contribution < -0.4 is 15.4 Å². The number of hydrogen-bond acceptors (Lipinski definition) is 4. The van der Waals surface area contributed by atoms with Gasteiger partial charge in [0.25, 0.3) is 5.91 Å². The predicted octanol–water partition coefficient (Wildman–Crippen LogP) is 3.29. The van der Waals surface area contributed by atoms with Crippen LogP contribution in [0.5, 0.6) is 5.75 Å². The molecule has 1 amide bonds. The highest BCUT2D eigenvalue weighted by Crippen LogP contribution is 2.29. The van der Waals surface area contributed by atoms with E-state index < -0.39 is 0 Å². The number of rotatable bonds is 8. The van der Waals surface area contributed by atoms with Crippen LogP contribution in [0.1, 0.15) is 41.4 Å². The normalized spacial score (nSPS) is 11.7. The minimum atomic E-state index is -0.183. The molecule has 0 radical (unpaired) electrons. The van der Waals surface area contributed by atoms with Gasteiger partial charge in [0.05, 0.1) is 19.3 Å². The van der Waals surface area contributed by atoms with Gasteiger partial charge in [-0.15, -0.1) is 0 Å². The fourth-order valence-corrected chi connectivity index (χ4v) is 2.74. The van der Waals surface area contributed by atoms with E-state index in [0.29, 0.717) is 12.2 Å². The van der Waals surface area contributed by atoms with Crippen LogP contribution in [0.25, 0.3) is 0 Å². The van der Waals surface area contributed by atoms with Crippen molar-refractivity contribution in [1.82, 2.24) is 5.32 Å². The summed E-state index contributed by atoms with van der Waals surface area (Å²) < 4.78 is 5.70. The summed E-state index contributed by atoms with van der Waals surface area (Å²) in [6.07, 6.45) is 0. The molecule has 0 bridgehead atoms. The molecule has 0 saturated carbocycles. The highest BCUT2D eigenvalue weighted by molar-refractivity contribution is 5.97. The van der Waals surface area contributed by atoms with Gasteiger partial charge >= 0.3 is 0 Å². The molecular weight excluding hydrogens is 316 g/mol. The Kier molecular flexibility index (Phi) is 6.83. The lowest BCUT2D eigenvalue weighted by atomic mass is 10.0. The first-order chi connectivity index (χ1) is 12.1. The Morgan fingerprint density at radius 1 is 1.20 bits per heavy atom. The summed E-state index contributed by atoms with van der Waals surface area (Å²) in [6.45, 7) is 6.73. The van der Waals surface area contributed by atoms with Gasteiger partial charge in [-0.05, 0) is 44.5 Å². The Balaban J connectivity index is 2.21. The Labute approximate surface area is 149 Å². The second-order valence-corrected chi connectivity index (χ2v) is 5.79. The van der Waals surface area contributed by atoms with Gasteiger partial charge in [0.1, 0.15) is 5.75 Å². The largest absolute Gasteiger partial charge is 0.494 e. The van der Waals surface area contributed by atoms with Crippen LogP contribution in [0.3, 0.4) is 0 Å². The van der Waals surface area contributed by atoms with Gasteiger partial charge in [-0.2, -0.15) is 0 Å². The third-order valence-corrected chi connectivity index (χ3v) is 4.03. The minimum absolute atomic E-state index is 0.0252. The summed E-state index contributed by atoms with van der Waals surface area (Å²) in [5.41, 5.74) is 3.44. The third kappa shape index (κ3) is 4.73. The van der Waals surface area contributed by atoms with Crippen molar-refractivity contribution in [2.45, 2.75) is 26.8 Å². The van der Waals surface area contributed by atoms with Crippen LogP contribution in [0.4, 0.5) is 5.69 Å². The van der Waals surface area contributed by atoms with Crippen molar-refractivity contribution in [2.24, 2.45) is 0 Å². The number of carbonyl (C=O) groups excluding carboxylic acids is 1. The van der Waals surface area contributed by atoms with E-state index in [1.165, 1.54) is 0 Å². The van der Waals surface area contributed by atoms with Crippen molar-refractivity contribution in [1.29, 1.82) is 0 Å². The van der Waals surface area contributed by atoms with Gasteiger partial charge in [-0.25, -0.2) is 0 Å². The number of benzene rings is 2. The highest BCUT2D eigenvalue weighted by Gasteiger charge is 2.15. The summed E-state index contributed by atoms with van der Waals surface area (Å²) in [5, 5.41) is 15.0. The molecular formula is C20H26N2O3. The number of aliphatic hydroxyl groups excluding tert-OH is 1. The SMILES string of the molecule is CCOc1ccccc1C(C)Nc1cccc(C(=O)NCCO)c1C. The zero-order valence-electron chi connectivity index (χ0n) is 15.0. The number of para-hydroxylation sites is 1. The summed E-state index contributed by atoms with van der Waals surface area (Å²) in [5.74, 6) is 0.678. The van der Waals surface area contributed by atoms with Crippen molar-refractivity contribution in [3.05, 3.63) is 59.2 Å². The van der Waals surface area contributed by atoms with Crippen LogP contribution in [0.2, 0.25) is 0 Å². The lowest BCUT2D eigenvalue weighted by molar-refractivity contribution is 0.0944. The van der Waals surface area contributed by atoms with E-state index in [2.05, 4.69) is 17.6 Å². The van der Waals surface area contributed by atoms with Gasteiger partial charge in [-0.3, -0.25) is 4.79 Å². The maximum Gasteiger partial charge on any atom is 0.251 e. The Hall–Kier alpha value is -2.53. The fraction of sp³-hybridized carbons (Fsp3) is 0.350. The molecule has 1 unspecified atom stereocenters. The number of hydrogen-bond donors (Lipinski definition) is 3. The van der Waals surface area contributed by atoms with Gasteiger partial charge in [0, 0.05) is 23.4 Å². The highest BCUT2D eigenvalue weighted by atomic mass is 16.5. The quantitative estimate of drug-likeness (QED) is 0.688. The smallest absolute Gasteiger partial charge is 0.251 e. The number of aliphatic hydroxyl groups is 1. The van der Waals surface area contributed by atoms with E-state index in [-0.39, 0.29) is 25.1 Å². The second-order valence-electron chi connectivity index (χ2n) is 5.79.